The monoisotopic (exact) mass is 245 g/mol. The van der Waals surface area contributed by atoms with Crippen LogP contribution in [0.2, 0.25) is 0 Å². The van der Waals surface area contributed by atoms with Gasteiger partial charge in [-0.2, -0.15) is 0 Å². The fourth-order valence-corrected chi connectivity index (χ4v) is 2.36. The first-order valence-electron chi connectivity index (χ1n) is 6.20. The number of aliphatic imine (C=N–C) groups is 2. The van der Waals surface area contributed by atoms with Crippen LogP contribution in [-0.4, -0.2) is 17.0 Å². The summed E-state index contributed by atoms with van der Waals surface area (Å²) in [5, 5.41) is 2.28. The van der Waals surface area contributed by atoms with Gasteiger partial charge in [0.05, 0.1) is 0 Å². The van der Waals surface area contributed by atoms with Crippen LogP contribution in [0, 0.1) is 0 Å². The van der Waals surface area contributed by atoms with Crippen molar-refractivity contribution in [3.8, 4) is 0 Å². The third-order valence-corrected chi connectivity index (χ3v) is 3.33. The third kappa shape index (κ3) is 1.59. The van der Waals surface area contributed by atoms with Crippen molar-refractivity contribution in [2.24, 2.45) is 9.98 Å². The van der Waals surface area contributed by atoms with Crippen LogP contribution in [0.25, 0.3) is 10.8 Å². The van der Waals surface area contributed by atoms with Gasteiger partial charge >= 0.3 is 0 Å². The van der Waals surface area contributed by atoms with Crippen molar-refractivity contribution < 1.29 is 0 Å². The van der Waals surface area contributed by atoms with Gasteiger partial charge in [0.15, 0.2) is 5.84 Å². The highest BCUT2D eigenvalue weighted by atomic mass is 15.0. The minimum Gasteiger partial charge on any atom is -0.345 e. The van der Waals surface area contributed by atoms with Gasteiger partial charge in [0.2, 0.25) is 0 Å². The van der Waals surface area contributed by atoms with Crippen LogP contribution in [0.3, 0.4) is 0 Å². The molecule has 0 fully saturated rings. The van der Waals surface area contributed by atoms with E-state index in [0.717, 1.165) is 33.6 Å². The number of rotatable bonds is 1. The Bertz CT molecular complexity index is 825. The first kappa shape index (κ1) is 10.3. The quantitative estimate of drug-likeness (QED) is 0.679. The zero-order chi connectivity index (χ0) is 12.7. The molecule has 3 aromatic rings. The lowest BCUT2D eigenvalue weighted by atomic mass is 10.1. The van der Waals surface area contributed by atoms with Gasteiger partial charge in [0, 0.05) is 34.3 Å². The molecule has 1 aromatic heterocycles. The Hall–Kier alpha value is -2.68. The van der Waals surface area contributed by atoms with Gasteiger partial charge in [-0.05, 0) is 0 Å². The topological polar surface area (TPSA) is 40.5 Å². The number of nitrogens with one attached hydrogen (secondary N) is 1. The normalized spacial score (nSPS) is 15.3. The molecular weight excluding hydrogens is 234 g/mol. The van der Waals surface area contributed by atoms with E-state index in [2.05, 4.69) is 27.1 Å². The molecule has 2 aromatic carbocycles. The highest BCUT2D eigenvalue weighted by Crippen LogP contribution is 2.26. The fraction of sp³-hybridized carbons (Fsp3) is 0. The number of amidine groups is 1. The molecule has 0 saturated heterocycles. The van der Waals surface area contributed by atoms with Crippen molar-refractivity contribution in [3.05, 3.63) is 65.9 Å². The summed E-state index contributed by atoms with van der Waals surface area (Å²) in [6.45, 7) is 0. The molecule has 2 heterocycles. The molecule has 0 amide bonds. The zero-order valence-electron chi connectivity index (χ0n) is 10.2. The van der Waals surface area contributed by atoms with Crippen molar-refractivity contribution in [3.63, 3.8) is 0 Å². The zero-order valence-corrected chi connectivity index (χ0v) is 10.2. The summed E-state index contributed by atoms with van der Waals surface area (Å²) in [6.07, 6.45) is 3.83. The second-order valence-corrected chi connectivity index (χ2v) is 4.51. The van der Waals surface area contributed by atoms with Gasteiger partial charge in [-0.25, -0.2) is 9.98 Å². The van der Waals surface area contributed by atoms with Gasteiger partial charge < -0.3 is 4.98 Å². The van der Waals surface area contributed by atoms with Gasteiger partial charge in [-0.15, -0.1) is 0 Å². The number of H-pyrrole nitrogens is 1. The van der Waals surface area contributed by atoms with E-state index in [-0.39, 0.29) is 0 Å². The lowest BCUT2D eigenvalue weighted by Gasteiger charge is -1.98. The van der Waals surface area contributed by atoms with Crippen LogP contribution < -0.4 is 0 Å². The Labute approximate surface area is 110 Å². The lowest BCUT2D eigenvalue weighted by molar-refractivity contribution is 1.34. The minimum absolute atomic E-state index is 0.767. The molecule has 19 heavy (non-hydrogen) atoms. The highest BCUT2D eigenvalue weighted by Gasteiger charge is 2.13. The van der Waals surface area contributed by atoms with Gasteiger partial charge in [-0.1, -0.05) is 48.5 Å². The van der Waals surface area contributed by atoms with E-state index in [9.17, 15) is 0 Å². The van der Waals surface area contributed by atoms with Crippen LogP contribution in [0.4, 0.5) is 5.82 Å². The van der Waals surface area contributed by atoms with Crippen molar-refractivity contribution >= 4 is 28.6 Å². The summed E-state index contributed by atoms with van der Waals surface area (Å²) in [6, 6.07) is 16.3. The Balaban J connectivity index is 1.88. The molecule has 0 radical (unpaired) electrons. The minimum atomic E-state index is 0.767. The maximum absolute atomic E-state index is 4.65. The first-order valence-corrected chi connectivity index (χ1v) is 6.20. The largest absolute Gasteiger partial charge is 0.345 e. The highest BCUT2D eigenvalue weighted by molar-refractivity contribution is 6.16. The Kier molecular flexibility index (Phi) is 2.12. The Morgan fingerprint density at radius 1 is 0.947 bits per heavy atom. The molecule has 0 bridgehead atoms. The number of aromatic amines is 1. The van der Waals surface area contributed by atoms with Crippen molar-refractivity contribution in [2.75, 3.05) is 0 Å². The van der Waals surface area contributed by atoms with E-state index in [4.69, 9.17) is 0 Å². The molecular formula is C16H11N3. The molecule has 1 N–H and O–H groups in total. The van der Waals surface area contributed by atoms with E-state index in [1.165, 1.54) is 0 Å². The number of hydrogen-bond donors (Lipinski definition) is 1. The molecule has 3 heteroatoms. The molecule has 1 aliphatic heterocycles. The predicted octanol–water partition coefficient (Wildman–Crippen LogP) is 3.68. The standard InChI is InChI=1S/C16H11N3/c1-3-7-13-11(5-1)9-17-15(13)19-16-14-8-4-2-6-12(14)10-18-16/h1-10,17H. The average Bonchev–Trinajstić information content (AvgIpc) is 3.05. The smallest absolute Gasteiger partial charge is 0.162 e. The van der Waals surface area contributed by atoms with E-state index in [0.29, 0.717) is 0 Å². The molecule has 0 aliphatic carbocycles. The number of nitrogens with zero attached hydrogens (tertiary/aromatic N) is 2. The first-order chi connectivity index (χ1) is 9.42. The predicted molar refractivity (Wildman–Crippen MR) is 78.5 cm³/mol. The summed E-state index contributed by atoms with van der Waals surface area (Å²) in [7, 11) is 0. The summed E-state index contributed by atoms with van der Waals surface area (Å²) < 4.78 is 0. The van der Waals surface area contributed by atoms with Crippen molar-refractivity contribution in [2.45, 2.75) is 0 Å². The second-order valence-electron chi connectivity index (χ2n) is 4.51. The Morgan fingerprint density at radius 2 is 1.79 bits per heavy atom. The summed E-state index contributed by atoms with van der Waals surface area (Å²) in [5.41, 5.74) is 2.21. The van der Waals surface area contributed by atoms with Crippen LogP contribution >= 0.6 is 0 Å². The maximum Gasteiger partial charge on any atom is 0.162 e. The Morgan fingerprint density at radius 3 is 2.79 bits per heavy atom. The molecule has 0 spiro atoms. The van der Waals surface area contributed by atoms with Crippen molar-refractivity contribution in [1.82, 2.24) is 4.98 Å². The van der Waals surface area contributed by atoms with Crippen LogP contribution in [0.15, 0.2) is 64.7 Å². The summed E-state index contributed by atoms with van der Waals surface area (Å²) in [5.74, 6) is 1.63. The number of hydrogen-bond acceptors (Lipinski definition) is 1. The van der Waals surface area contributed by atoms with Crippen LogP contribution in [-0.2, 0) is 0 Å². The molecule has 0 unspecified atom stereocenters. The summed E-state index contributed by atoms with van der Waals surface area (Å²) >= 11 is 0. The van der Waals surface area contributed by atoms with E-state index in [1.807, 2.05) is 48.8 Å². The molecule has 0 atom stereocenters. The number of aromatic nitrogens is 1. The van der Waals surface area contributed by atoms with Crippen LogP contribution in [0.5, 0.6) is 0 Å². The molecule has 3 nitrogen and oxygen atoms in total. The molecule has 1 aliphatic rings. The third-order valence-electron chi connectivity index (χ3n) is 3.33. The lowest BCUT2D eigenvalue weighted by Crippen LogP contribution is -1.92. The molecule has 90 valence electrons. The number of fused-ring (bicyclic) bond motifs is 2. The summed E-state index contributed by atoms with van der Waals surface area (Å²) in [4.78, 5) is 12.3. The fourth-order valence-electron chi connectivity index (χ4n) is 2.36. The van der Waals surface area contributed by atoms with E-state index < -0.39 is 0 Å². The van der Waals surface area contributed by atoms with Gasteiger partial charge in [0.25, 0.3) is 0 Å². The maximum atomic E-state index is 4.65. The van der Waals surface area contributed by atoms with Crippen molar-refractivity contribution in [1.29, 1.82) is 0 Å². The second kappa shape index (κ2) is 3.92. The molecule has 0 saturated carbocycles. The number of benzene rings is 2. The van der Waals surface area contributed by atoms with E-state index >= 15 is 0 Å². The average molecular weight is 245 g/mol. The molecule has 4 rings (SSSR count). The van der Waals surface area contributed by atoms with Gasteiger partial charge in [0.1, 0.15) is 5.82 Å². The SMILES string of the molecule is C1=NC(=Nc2[nH]cc3ccccc23)c2ccccc21. The van der Waals surface area contributed by atoms with Gasteiger partial charge in [-0.3, -0.25) is 0 Å². The van der Waals surface area contributed by atoms with Crippen LogP contribution in [0.1, 0.15) is 11.1 Å². The van der Waals surface area contributed by atoms with E-state index in [1.54, 1.807) is 0 Å².